The van der Waals surface area contributed by atoms with Gasteiger partial charge in [-0.3, -0.25) is 4.79 Å². The Morgan fingerprint density at radius 1 is 1.06 bits per heavy atom. The highest BCUT2D eigenvalue weighted by Crippen LogP contribution is 2.15. The third-order valence-electron chi connectivity index (χ3n) is 2.36. The second-order valence-corrected chi connectivity index (χ2v) is 5.70. The number of hydrogen-bond acceptors (Lipinski definition) is 3. The van der Waals surface area contributed by atoms with Gasteiger partial charge in [0.25, 0.3) is 5.91 Å². The number of carbonyl (C=O) groups is 1. The standard InChI is InChI=1S/C11H15NO3S/c1-7-5-9(3)10(6-8(7)2)11(13)12-16(4,14)15/h5-6H,1-4H3,(H,12,13). The van der Waals surface area contributed by atoms with Crippen molar-refractivity contribution in [1.29, 1.82) is 0 Å². The van der Waals surface area contributed by atoms with Gasteiger partial charge in [-0.15, -0.1) is 0 Å². The van der Waals surface area contributed by atoms with Gasteiger partial charge in [0.15, 0.2) is 0 Å². The van der Waals surface area contributed by atoms with Crippen LogP contribution in [0.25, 0.3) is 0 Å². The van der Waals surface area contributed by atoms with Crippen LogP contribution in [0.2, 0.25) is 0 Å². The van der Waals surface area contributed by atoms with Crippen LogP contribution >= 0.6 is 0 Å². The Morgan fingerprint density at radius 3 is 2.06 bits per heavy atom. The Balaban J connectivity index is 3.15. The molecule has 16 heavy (non-hydrogen) atoms. The molecule has 0 bridgehead atoms. The SMILES string of the molecule is Cc1cc(C)c(C(=O)NS(C)(=O)=O)cc1C. The highest BCUT2D eigenvalue weighted by Gasteiger charge is 2.14. The first-order valence-electron chi connectivity index (χ1n) is 4.80. The molecule has 1 aromatic carbocycles. The zero-order chi connectivity index (χ0) is 12.5. The van der Waals surface area contributed by atoms with E-state index >= 15 is 0 Å². The summed E-state index contributed by atoms with van der Waals surface area (Å²) in [6, 6.07) is 3.57. The number of amides is 1. The van der Waals surface area contributed by atoms with E-state index in [1.165, 1.54) is 0 Å². The first-order valence-corrected chi connectivity index (χ1v) is 6.70. The molecule has 1 amide bonds. The lowest BCUT2D eigenvalue weighted by atomic mass is 10.0. The van der Waals surface area contributed by atoms with Crippen molar-refractivity contribution < 1.29 is 13.2 Å². The summed E-state index contributed by atoms with van der Waals surface area (Å²) in [5.41, 5.74) is 3.20. The summed E-state index contributed by atoms with van der Waals surface area (Å²) < 4.78 is 23.8. The molecular formula is C11H15NO3S. The second kappa shape index (κ2) is 4.25. The molecular weight excluding hydrogens is 226 g/mol. The van der Waals surface area contributed by atoms with Crippen LogP contribution < -0.4 is 4.72 Å². The Morgan fingerprint density at radius 2 is 1.56 bits per heavy atom. The van der Waals surface area contributed by atoms with Crippen molar-refractivity contribution in [1.82, 2.24) is 4.72 Å². The van der Waals surface area contributed by atoms with E-state index in [4.69, 9.17) is 0 Å². The molecule has 88 valence electrons. The number of hydrogen-bond donors (Lipinski definition) is 1. The summed E-state index contributed by atoms with van der Waals surface area (Å²) in [6.07, 6.45) is 0.960. The third-order valence-corrected chi connectivity index (χ3v) is 2.92. The van der Waals surface area contributed by atoms with Gasteiger partial charge < -0.3 is 0 Å². The van der Waals surface area contributed by atoms with Crippen molar-refractivity contribution in [2.45, 2.75) is 20.8 Å². The minimum absolute atomic E-state index is 0.397. The van der Waals surface area contributed by atoms with Crippen LogP contribution in [-0.2, 0) is 10.0 Å². The average molecular weight is 241 g/mol. The van der Waals surface area contributed by atoms with E-state index in [0.29, 0.717) is 5.56 Å². The molecule has 0 atom stereocenters. The largest absolute Gasteiger partial charge is 0.268 e. The number of carbonyl (C=O) groups excluding carboxylic acids is 1. The van der Waals surface area contributed by atoms with E-state index < -0.39 is 15.9 Å². The minimum Gasteiger partial charge on any atom is -0.268 e. The lowest BCUT2D eigenvalue weighted by molar-refractivity contribution is 0.0981. The maximum Gasteiger partial charge on any atom is 0.264 e. The zero-order valence-electron chi connectivity index (χ0n) is 9.79. The van der Waals surface area contributed by atoms with E-state index in [2.05, 4.69) is 0 Å². The van der Waals surface area contributed by atoms with Gasteiger partial charge in [-0.1, -0.05) is 6.07 Å². The van der Waals surface area contributed by atoms with Crippen molar-refractivity contribution in [3.8, 4) is 0 Å². The molecule has 0 radical (unpaired) electrons. The molecule has 5 heteroatoms. The number of benzene rings is 1. The summed E-state index contributed by atoms with van der Waals surface area (Å²) >= 11 is 0. The molecule has 1 aromatic rings. The van der Waals surface area contributed by atoms with Crippen LogP contribution in [0.1, 0.15) is 27.0 Å². The lowest BCUT2D eigenvalue weighted by Gasteiger charge is -2.09. The number of rotatable bonds is 2. The van der Waals surface area contributed by atoms with Crippen LogP contribution in [0.5, 0.6) is 0 Å². The van der Waals surface area contributed by atoms with Crippen LogP contribution in [0.4, 0.5) is 0 Å². The van der Waals surface area contributed by atoms with Gasteiger partial charge in [0.2, 0.25) is 10.0 Å². The first kappa shape index (κ1) is 12.7. The van der Waals surface area contributed by atoms with Gasteiger partial charge in [0.05, 0.1) is 6.26 Å². The molecule has 0 aliphatic rings. The molecule has 1 N–H and O–H groups in total. The highest BCUT2D eigenvalue weighted by atomic mass is 32.2. The molecule has 0 saturated carbocycles. The van der Waals surface area contributed by atoms with Gasteiger partial charge in [-0.2, -0.15) is 0 Å². The van der Waals surface area contributed by atoms with Crippen molar-refractivity contribution in [3.05, 3.63) is 34.4 Å². The summed E-state index contributed by atoms with van der Waals surface area (Å²) in [5.74, 6) is -0.580. The summed E-state index contributed by atoms with van der Waals surface area (Å²) in [6.45, 7) is 5.61. The number of sulfonamides is 1. The maximum atomic E-state index is 11.7. The van der Waals surface area contributed by atoms with Crippen LogP contribution in [0.3, 0.4) is 0 Å². The Kier molecular flexibility index (Phi) is 3.38. The van der Waals surface area contributed by atoms with Gasteiger partial charge in [0, 0.05) is 5.56 Å². The normalized spacial score (nSPS) is 11.2. The Bertz CT molecular complexity index is 532. The smallest absolute Gasteiger partial charge is 0.264 e. The third kappa shape index (κ3) is 3.06. The zero-order valence-corrected chi connectivity index (χ0v) is 10.6. The van der Waals surface area contributed by atoms with E-state index in [9.17, 15) is 13.2 Å². The van der Waals surface area contributed by atoms with E-state index in [-0.39, 0.29) is 0 Å². The highest BCUT2D eigenvalue weighted by molar-refractivity contribution is 7.89. The van der Waals surface area contributed by atoms with Crippen LogP contribution in [-0.4, -0.2) is 20.6 Å². The van der Waals surface area contributed by atoms with Crippen LogP contribution in [0, 0.1) is 20.8 Å². The number of aryl methyl sites for hydroxylation is 3. The second-order valence-electron chi connectivity index (χ2n) is 3.95. The Hall–Kier alpha value is -1.36. The summed E-state index contributed by atoms with van der Waals surface area (Å²) in [4.78, 5) is 11.7. The maximum absolute atomic E-state index is 11.7. The molecule has 0 saturated heterocycles. The summed E-state index contributed by atoms with van der Waals surface area (Å²) in [7, 11) is -3.51. The van der Waals surface area contributed by atoms with E-state index in [1.807, 2.05) is 24.6 Å². The molecule has 0 aromatic heterocycles. The van der Waals surface area contributed by atoms with Gasteiger partial charge in [0.1, 0.15) is 0 Å². The van der Waals surface area contributed by atoms with E-state index in [0.717, 1.165) is 22.9 Å². The fourth-order valence-electron chi connectivity index (χ4n) is 1.43. The van der Waals surface area contributed by atoms with Crippen LogP contribution in [0.15, 0.2) is 12.1 Å². The topological polar surface area (TPSA) is 63.2 Å². The molecule has 0 heterocycles. The van der Waals surface area contributed by atoms with Gasteiger partial charge >= 0.3 is 0 Å². The molecule has 1 rings (SSSR count). The molecule has 0 unspecified atom stereocenters. The van der Waals surface area contributed by atoms with Crippen molar-refractivity contribution in [2.75, 3.05) is 6.26 Å². The van der Waals surface area contributed by atoms with Crippen molar-refractivity contribution in [2.24, 2.45) is 0 Å². The molecule has 0 aliphatic heterocycles. The predicted octanol–water partition coefficient (Wildman–Crippen LogP) is 1.30. The fraction of sp³-hybridized carbons (Fsp3) is 0.364. The van der Waals surface area contributed by atoms with Crippen molar-refractivity contribution in [3.63, 3.8) is 0 Å². The predicted molar refractivity (Wildman–Crippen MR) is 63.0 cm³/mol. The minimum atomic E-state index is -3.51. The lowest BCUT2D eigenvalue weighted by Crippen LogP contribution is -2.29. The van der Waals surface area contributed by atoms with Crippen molar-refractivity contribution >= 4 is 15.9 Å². The number of nitrogens with one attached hydrogen (secondary N) is 1. The average Bonchev–Trinajstić information content (AvgIpc) is 2.08. The Labute approximate surface area is 95.7 Å². The van der Waals surface area contributed by atoms with Gasteiger partial charge in [-0.05, 0) is 43.5 Å². The fourth-order valence-corrected chi connectivity index (χ4v) is 1.88. The molecule has 0 fully saturated rings. The summed E-state index contributed by atoms with van der Waals surface area (Å²) in [5, 5.41) is 0. The quantitative estimate of drug-likeness (QED) is 0.849. The monoisotopic (exact) mass is 241 g/mol. The molecule has 0 aliphatic carbocycles. The van der Waals surface area contributed by atoms with E-state index in [1.54, 1.807) is 13.0 Å². The van der Waals surface area contributed by atoms with Gasteiger partial charge in [-0.25, -0.2) is 13.1 Å². The molecule has 4 nitrogen and oxygen atoms in total. The first-order chi connectivity index (χ1) is 7.20. The molecule has 0 spiro atoms.